The molecule has 0 amide bonds. The van der Waals surface area contributed by atoms with Gasteiger partial charge in [-0.15, -0.1) is 197 Å². The van der Waals surface area contributed by atoms with Crippen LogP contribution >= 0.6 is 0 Å². The molecule has 0 saturated heterocycles. The number of aliphatic hydroxyl groups excluding tert-OH is 2. The van der Waals surface area contributed by atoms with E-state index in [4.69, 9.17) is 50.3 Å². The average Bonchev–Trinajstić information content (AvgIpc) is 0.784. The van der Waals surface area contributed by atoms with Gasteiger partial charge >= 0.3 is 32.0 Å². The van der Waals surface area contributed by atoms with Gasteiger partial charge in [0, 0.05) is 142 Å². The number of halogens is 3. The zero-order chi connectivity index (χ0) is 101. The van der Waals surface area contributed by atoms with Crippen LogP contribution in [0, 0.1) is 74.6 Å². The van der Waals surface area contributed by atoms with Crippen LogP contribution < -0.4 is 0 Å². The van der Waals surface area contributed by atoms with Crippen molar-refractivity contribution in [3.05, 3.63) is 495 Å². The fourth-order valence-electron chi connectivity index (χ4n) is 14.7. The topological polar surface area (TPSA) is 296 Å². The Morgan fingerprint density at radius 2 is 0.456 bits per heavy atom. The normalized spacial score (nSPS) is 10.6. The van der Waals surface area contributed by atoms with Gasteiger partial charge in [0.05, 0.1) is 95.5 Å². The monoisotopic (exact) mass is 2680 g/mol. The Labute approximate surface area is 914 Å². The minimum absolute atomic E-state index is 0. The summed E-state index contributed by atoms with van der Waals surface area (Å²) in [7, 11) is 0. The molecule has 8 heterocycles. The molecule has 15 aromatic carbocycles. The molecule has 2 atom stereocenters. The van der Waals surface area contributed by atoms with Gasteiger partial charge in [-0.2, -0.15) is 0 Å². The summed E-state index contributed by atoms with van der Waals surface area (Å²) >= 11 is 0. The van der Waals surface area contributed by atoms with Crippen LogP contribution in [0.2, 0.25) is 0 Å². The summed E-state index contributed by atoms with van der Waals surface area (Å²) < 4.78 is 38.7. The second-order valence-corrected chi connectivity index (χ2v) is 32.3. The smallest absolute Gasteiger partial charge is 0.477 e. The number of carboxylic acid groups (broad SMARTS) is 2. The van der Waals surface area contributed by atoms with E-state index in [1.54, 1.807) is 56.3 Å². The molecule has 8 aromatic heterocycles. The number of hydrogen-bond acceptors (Lipinski definition) is 18. The molecule has 4 N–H and O–H groups in total. The van der Waals surface area contributed by atoms with Crippen molar-refractivity contribution in [2.24, 2.45) is 0 Å². The zero-order valence-electron chi connectivity index (χ0n) is 80.4. The summed E-state index contributed by atoms with van der Waals surface area (Å²) in [5.74, 6) is -2.88. The van der Waals surface area contributed by atoms with Gasteiger partial charge in [0.2, 0.25) is 0 Å². The third-order valence-corrected chi connectivity index (χ3v) is 21.5. The van der Waals surface area contributed by atoms with E-state index in [9.17, 15) is 22.8 Å². The molecule has 0 saturated carbocycles. The van der Waals surface area contributed by atoms with E-state index in [2.05, 4.69) is 113 Å². The Hall–Kier alpha value is -16.1. The Kier molecular flexibility index (Phi) is 43.4. The van der Waals surface area contributed by atoms with Crippen molar-refractivity contribution in [3.63, 3.8) is 0 Å². The summed E-state index contributed by atoms with van der Waals surface area (Å²) in [4.78, 5) is 83.6. The predicted octanol–water partition coefficient (Wildman–Crippen LogP) is 26.6. The minimum Gasteiger partial charge on any atom is -0.477 e. The number of pyridine rings is 2. The Morgan fingerprint density at radius 3 is 0.638 bits per heavy atom. The fourth-order valence-corrected chi connectivity index (χ4v) is 14.7. The maximum atomic E-state index is 12.9. The molecule has 20 nitrogen and oxygen atoms in total. The number of hydrogen-bond donors (Lipinski definition) is 4. The Balaban J connectivity index is 0.000000162. The van der Waals surface area contributed by atoms with Crippen molar-refractivity contribution in [1.29, 1.82) is 0 Å². The van der Waals surface area contributed by atoms with Crippen LogP contribution in [0.1, 0.15) is 58.3 Å². The largest absolute Gasteiger partial charge is 3.00 e. The first-order valence-electron chi connectivity index (χ1n) is 46.0. The average molecular weight is 2680 g/mol. The predicted molar refractivity (Wildman–Crippen MR) is 564 cm³/mol. The Morgan fingerprint density at radius 1 is 0.255 bits per heavy atom. The molecule has 0 aliphatic rings. The number of fused-ring (bicyclic) bond motifs is 6. The molecule has 2 radical (unpaired) electrons. The van der Waals surface area contributed by atoms with E-state index >= 15 is 0 Å². The number of rotatable bonds is 13. The second kappa shape index (κ2) is 57.1. The summed E-state index contributed by atoms with van der Waals surface area (Å²) in [5.41, 5.74) is 28.9. The molecule has 149 heavy (non-hydrogen) atoms. The summed E-state index contributed by atoms with van der Waals surface area (Å²) in [5, 5.41) is 33.8. The van der Waals surface area contributed by atoms with E-state index in [0.717, 1.165) is 185 Å². The van der Waals surface area contributed by atoms with Gasteiger partial charge < -0.3 is 20.4 Å². The quantitative estimate of drug-likeness (QED) is 0.0780. The minimum atomic E-state index is -0.990. The van der Waals surface area contributed by atoms with E-state index < -0.39 is 11.9 Å². The molecule has 23 rings (SSSR count). The molecule has 0 aliphatic carbocycles. The molecule has 23 aromatic rings. The van der Waals surface area contributed by atoms with Gasteiger partial charge in [-0.3, -0.25) is 73.0 Å². The molecule has 0 fully saturated rings. The van der Waals surface area contributed by atoms with Crippen molar-refractivity contribution in [3.8, 4) is 101 Å². The van der Waals surface area contributed by atoms with Gasteiger partial charge in [-0.05, 0) is 155 Å². The van der Waals surface area contributed by atoms with Crippen LogP contribution in [-0.4, -0.2) is 114 Å². The zero-order valence-corrected chi connectivity index (χ0v) is 89.9. The van der Waals surface area contributed by atoms with Crippen LogP contribution in [-0.2, 0) is 81.4 Å². The summed E-state index contributed by atoms with van der Waals surface area (Å²) in [6.07, 6.45) is 2.62. The number of aryl methyl sites for hydroxylation is 3. The molecular formula is C122H91F3Ir3N14O6Pt-3. The maximum absolute atomic E-state index is 12.9. The van der Waals surface area contributed by atoms with Crippen LogP contribution in [0.15, 0.2) is 413 Å². The molecule has 0 bridgehead atoms. The van der Waals surface area contributed by atoms with Gasteiger partial charge in [-0.25, -0.2) is 19.6 Å². The SMILES string of the molecule is CC(O)CC(C)O.Cc1nc2ccccc2nc1-c1[c-]cc(F)cc1.Cc1nc2ccccc2nc1-c1[c-]cc(F)cc1.Cc1nc2ccccc2nc1-c1[c-]cc(F)cc1.O=C(O)c1ccccn1.O=C(O)c1ccccn1.[Ir+3].[Ir].[Ir].[Pt].[c-]1ccccc1-c1nc2ccccc2nc1-c1ccccc1.[c-]1ccccc1-c1nc2ccccc2nc1-c1ccccc1.[c-]1ccccc1-c1nc2ccccc2nc1-c1ccccc1. The van der Waals surface area contributed by atoms with Crippen LogP contribution in [0.25, 0.3) is 168 Å². The molecule has 0 spiro atoms. The van der Waals surface area contributed by atoms with Crippen molar-refractivity contribution < 1.29 is 125 Å². The van der Waals surface area contributed by atoms with Crippen LogP contribution in [0.4, 0.5) is 13.2 Å². The molecule has 0 aliphatic heterocycles. The van der Waals surface area contributed by atoms with Gasteiger partial charge in [-0.1, -0.05) is 176 Å². The molecule has 746 valence electrons. The molecule has 2 unspecified atom stereocenters. The summed E-state index contributed by atoms with van der Waals surface area (Å²) in [6, 6.07) is 142. The number of benzene rings is 15. The molecular weight excluding hydrogens is 2590 g/mol. The number of aromatic nitrogens is 14. The van der Waals surface area contributed by atoms with E-state index in [-0.39, 0.29) is 122 Å². The first kappa shape index (κ1) is 113. The number of nitrogens with zero attached hydrogens (tertiary/aromatic N) is 14. The van der Waals surface area contributed by atoms with Crippen molar-refractivity contribution >= 4 is 78.1 Å². The van der Waals surface area contributed by atoms with E-state index in [0.29, 0.717) is 6.42 Å². The number of carboxylic acids is 2. The second-order valence-electron chi connectivity index (χ2n) is 32.3. The third-order valence-electron chi connectivity index (χ3n) is 21.5. The van der Waals surface area contributed by atoms with Crippen molar-refractivity contribution in [1.82, 2.24) is 69.8 Å². The first-order chi connectivity index (χ1) is 70.7. The van der Waals surface area contributed by atoms with Crippen molar-refractivity contribution in [2.45, 2.75) is 53.2 Å². The van der Waals surface area contributed by atoms with Gasteiger partial charge in [0.15, 0.2) is 0 Å². The maximum Gasteiger partial charge on any atom is 3.00 e. The third kappa shape index (κ3) is 32.0. The fraction of sp³-hybridized carbons (Fsp3) is 0.0656. The number of para-hydroxylation sites is 12. The van der Waals surface area contributed by atoms with E-state index in [1.807, 2.05) is 294 Å². The number of carbonyl (C=O) groups is 2. The van der Waals surface area contributed by atoms with Crippen LogP contribution in [0.5, 0.6) is 0 Å². The van der Waals surface area contributed by atoms with E-state index in [1.165, 1.54) is 60.9 Å². The van der Waals surface area contributed by atoms with Gasteiger partial charge in [0.1, 0.15) is 11.4 Å². The summed E-state index contributed by atoms with van der Waals surface area (Å²) in [6.45, 7) is 9.00. The number of aliphatic hydroxyl groups is 2. The van der Waals surface area contributed by atoms with Crippen LogP contribution in [0.3, 0.4) is 0 Å². The first-order valence-corrected chi connectivity index (χ1v) is 46.0. The standard InChI is InChI=1S/3C20H13N2.3C15H10FN2.2C6H5NO2.C5H12O2.3Ir.Pt/c3*1-3-9-15(10-4-1)19-20(16-11-5-2-6-12-16)22-18-14-8-7-13-17(18)21-19;3*1-10-15(11-6-8-12(16)9-7-11)18-14-5-3-2-4-13(14)17-10;2*8-6(9)5-3-1-2-4-7-5;1-4(6)3-5(2)7;;;;/h3*1-11,13-14H;3*2-6,8-9H,1H3;2*1-4H,(H,8,9);4-7H,3H2,1-2H3;;;;/q6*-1;;;;;;+3;. The number of aromatic carboxylic acids is 2. The Bertz CT molecular complexity index is 7270. The van der Waals surface area contributed by atoms with Gasteiger partial charge in [0.25, 0.3) is 0 Å². The van der Waals surface area contributed by atoms with Crippen molar-refractivity contribution in [2.75, 3.05) is 0 Å². The molecule has 27 heteroatoms.